The van der Waals surface area contributed by atoms with Gasteiger partial charge in [-0.1, -0.05) is 6.58 Å². The van der Waals surface area contributed by atoms with E-state index in [-0.39, 0.29) is 11.5 Å². The number of allylic oxidation sites excluding steroid dienone is 2. The van der Waals surface area contributed by atoms with Crippen LogP contribution in [0, 0.1) is 0 Å². The van der Waals surface area contributed by atoms with Gasteiger partial charge in [0.15, 0.2) is 17.8 Å². The Morgan fingerprint density at radius 3 is 2.25 bits per heavy atom. The summed E-state index contributed by atoms with van der Waals surface area (Å²) in [7, 11) is 2.62. The number of carbonyl (C=O) groups is 2. The lowest BCUT2D eigenvalue weighted by Gasteiger charge is -1.99. The van der Waals surface area contributed by atoms with Crippen LogP contribution in [0.5, 0.6) is 0 Å². The first-order valence-corrected chi connectivity index (χ1v) is 3.13. The number of rotatable bonds is 5. The molecule has 0 rings (SSSR count). The summed E-state index contributed by atoms with van der Waals surface area (Å²) in [5.74, 6) is -0.578. The summed E-state index contributed by atoms with van der Waals surface area (Å²) in [5.41, 5.74) is 0. The standard InChI is InChI=1S/C8H10O4/c1-6(11-2)8(10)4-7(5-9)12-3/h4-5H,1H2,2-3H3/b7-4+. The Bertz CT molecular complexity index is 227. The van der Waals surface area contributed by atoms with Crippen molar-refractivity contribution in [2.75, 3.05) is 14.2 Å². The monoisotopic (exact) mass is 170 g/mol. The van der Waals surface area contributed by atoms with Crippen LogP contribution in [0.4, 0.5) is 0 Å². The summed E-state index contributed by atoms with van der Waals surface area (Å²) >= 11 is 0. The van der Waals surface area contributed by atoms with Gasteiger partial charge in [0, 0.05) is 6.08 Å². The second-order valence-corrected chi connectivity index (χ2v) is 1.86. The molecule has 12 heavy (non-hydrogen) atoms. The zero-order valence-electron chi connectivity index (χ0n) is 6.99. The van der Waals surface area contributed by atoms with Gasteiger partial charge in [0.1, 0.15) is 0 Å². The third-order valence-corrected chi connectivity index (χ3v) is 1.15. The van der Waals surface area contributed by atoms with E-state index in [1.54, 1.807) is 0 Å². The quantitative estimate of drug-likeness (QED) is 0.341. The van der Waals surface area contributed by atoms with E-state index >= 15 is 0 Å². The van der Waals surface area contributed by atoms with E-state index in [2.05, 4.69) is 16.1 Å². The Balaban J connectivity index is 4.40. The van der Waals surface area contributed by atoms with Crippen LogP contribution < -0.4 is 0 Å². The molecule has 0 N–H and O–H groups in total. The molecular formula is C8H10O4. The molecule has 0 aliphatic rings. The van der Waals surface area contributed by atoms with Gasteiger partial charge in [-0.25, -0.2) is 0 Å². The predicted octanol–water partition coefficient (Wildman–Crippen LogP) is 0.445. The minimum Gasteiger partial charge on any atom is -0.493 e. The summed E-state index contributed by atoms with van der Waals surface area (Å²) in [6.07, 6.45) is 1.44. The van der Waals surface area contributed by atoms with Gasteiger partial charge in [-0.3, -0.25) is 9.59 Å². The van der Waals surface area contributed by atoms with Crippen molar-refractivity contribution in [2.24, 2.45) is 0 Å². The number of hydrogen-bond acceptors (Lipinski definition) is 4. The van der Waals surface area contributed by atoms with E-state index in [4.69, 9.17) is 0 Å². The number of hydrogen-bond donors (Lipinski definition) is 0. The normalized spacial score (nSPS) is 10.3. The van der Waals surface area contributed by atoms with Crippen molar-refractivity contribution < 1.29 is 19.1 Å². The van der Waals surface area contributed by atoms with Crippen molar-refractivity contribution in [1.29, 1.82) is 0 Å². The molecule has 4 nitrogen and oxygen atoms in total. The molecule has 0 heterocycles. The molecule has 0 radical (unpaired) electrons. The third kappa shape index (κ3) is 3.01. The zero-order valence-corrected chi connectivity index (χ0v) is 6.99. The highest BCUT2D eigenvalue weighted by molar-refractivity contribution is 6.04. The summed E-state index contributed by atoms with van der Waals surface area (Å²) < 4.78 is 9.08. The fraction of sp³-hybridized carbons (Fsp3) is 0.250. The SMILES string of the molecule is C=C(OC)C(=O)/C=C(\C=O)OC. The molecule has 0 fully saturated rings. The van der Waals surface area contributed by atoms with Crippen LogP contribution in [0.1, 0.15) is 0 Å². The molecule has 0 amide bonds. The van der Waals surface area contributed by atoms with E-state index in [9.17, 15) is 9.59 Å². The van der Waals surface area contributed by atoms with Crippen LogP contribution in [0.2, 0.25) is 0 Å². The Morgan fingerprint density at radius 1 is 1.33 bits per heavy atom. The summed E-state index contributed by atoms with van der Waals surface area (Å²) in [4.78, 5) is 21.1. The summed E-state index contributed by atoms with van der Waals surface area (Å²) in [6, 6.07) is 0. The maximum absolute atomic E-state index is 11.0. The third-order valence-electron chi connectivity index (χ3n) is 1.15. The van der Waals surface area contributed by atoms with Crippen LogP contribution in [-0.2, 0) is 19.1 Å². The molecule has 0 saturated heterocycles. The van der Waals surface area contributed by atoms with Gasteiger partial charge in [0.05, 0.1) is 14.2 Å². The maximum Gasteiger partial charge on any atom is 0.223 e. The Hall–Kier alpha value is -1.58. The first-order valence-electron chi connectivity index (χ1n) is 3.13. The lowest BCUT2D eigenvalue weighted by atomic mass is 10.3. The van der Waals surface area contributed by atoms with Crippen molar-refractivity contribution >= 4 is 12.1 Å². The molecule has 0 aromatic heterocycles. The topological polar surface area (TPSA) is 52.6 Å². The minimum atomic E-state index is -0.485. The Labute approximate surface area is 70.5 Å². The molecule has 4 heteroatoms. The molecule has 0 bridgehead atoms. The van der Waals surface area contributed by atoms with Gasteiger partial charge in [-0.05, 0) is 0 Å². The molecule has 0 aliphatic carbocycles. The van der Waals surface area contributed by atoms with Crippen LogP contribution in [0.25, 0.3) is 0 Å². The maximum atomic E-state index is 11.0. The molecule has 0 aliphatic heterocycles. The van der Waals surface area contributed by atoms with Crippen LogP contribution in [-0.4, -0.2) is 26.3 Å². The molecule has 0 unspecified atom stereocenters. The number of carbonyl (C=O) groups excluding carboxylic acids is 2. The molecule has 0 saturated carbocycles. The minimum absolute atomic E-state index is 0.0357. The highest BCUT2D eigenvalue weighted by atomic mass is 16.5. The number of methoxy groups -OCH3 is 2. The van der Waals surface area contributed by atoms with E-state index in [1.807, 2.05) is 0 Å². The highest BCUT2D eigenvalue weighted by Crippen LogP contribution is 1.98. The van der Waals surface area contributed by atoms with Gasteiger partial charge in [-0.2, -0.15) is 0 Å². The Morgan fingerprint density at radius 2 is 1.92 bits per heavy atom. The van der Waals surface area contributed by atoms with E-state index in [0.29, 0.717) is 6.29 Å². The van der Waals surface area contributed by atoms with Gasteiger partial charge in [-0.15, -0.1) is 0 Å². The first-order chi connectivity index (χ1) is 5.65. The van der Waals surface area contributed by atoms with Gasteiger partial charge in [0.25, 0.3) is 0 Å². The second kappa shape index (κ2) is 5.12. The van der Waals surface area contributed by atoms with Crippen molar-refractivity contribution in [3.05, 3.63) is 24.2 Å². The van der Waals surface area contributed by atoms with Crippen LogP contribution >= 0.6 is 0 Å². The van der Waals surface area contributed by atoms with E-state index in [0.717, 1.165) is 6.08 Å². The van der Waals surface area contributed by atoms with E-state index in [1.165, 1.54) is 14.2 Å². The average Bonchev–Trinajstić information content (AvgIpc) is 2.12. The van der Waals surface area contributed by atoms with Gasteiger partial charge >= 0.3 is 0 Å². The number of aldehydes is 1. The lowest BCUT2D eigenvalue weighted by molar-refractivity contribution is -0.115. The smallest absolute Gasteiger partial charge is 0.223 e. The molecule has 0 aromatic rings. The number of ketones is 1. The summed E-state index contributed by atoms with van der Waals surface area (Å²) in [5, 5.41) is 0. The van der Waals surface area contributed by atoms with Crippen molar-refractivity contribution in [2.45, 2.75) is 0 Å². The zero-order chi connectivity index (χ0) is 9.56. The van der Waals surface area contributed by atoms with Crippen molar-refractivity contribution in [3.8, 4) is 0 Å². The number of ether oxygens (including phenoxy) is 2. The summed E-state index contributed by atoms with van der Waals surface area (Å²) in [6.45, 7) is 3.31. The molecular weight excluding hydrogens is 160 g/mol. The van der Waals surface area contributed by atoms with Crippen LogP contribution in [0.3, 0.4) is 0 Å². The molecule has 0 atom stereocenters. The molecule has 0 spiro atoms. The van der Waals surface area contributed by atoms with Crippen LogP contribution in [0.15, 0.2) is 24.2 Å². The molecule has 0 aromatic carbocycles. The predicted molar refractivity (Wildman–Crippen MR) is 42.3 cm³/mol. The second-order valence-electron chi connectivity index (χ2n) is 1.86. The van der Waals surface area contributed by atoms with E-state index < -0.39 is 5.78 Å². The fourth-order valence-corrected chi connectivity index (χ4v) is 0.451. The van der Waals surface area contributed by atoms with Gasteiger partial charge in [0.2, 0.25) is 5.78 Å². The molecule has 66 valence electrons. The highest BCUT2D eigenvalue weighted by Gasteiger charge is 2.05. The van der Waals surface area contributed by atoms with Crippen molar-refractivity contribution in [3.63, 3.8) is 0 Å². The Kier molecular flexibility index (Phi) is 4.45. The fourth-order valence-electron chi connectivity index (χ4n) is 0.451. The lowest BCUT2D eigenvalue weighted by Crippen LogP contribution is -2.02. The largest absolute Gasteiger partial charge is 0.493 e. The van der Waals surface area contributed by atoms with Gasteiger partial charge < -0.3 is 9.47 Å². The first kappa shape index (κ1) is 10.4. The van der Waals surface area contributed by atoms with Crippen molar-refractivity contribution in [1.82, 2.24) is 0 Å². The average molecular weight is 170 g/mol.